The van der Waals surface area contributed by atoms with Crippen LogP contribution in [0.25, 0.3) is 0 Å². The smallest absolute Gasteiger partial charge is 0.289 e. The molecule has 166 valence electrons. The van der Waals surface area contributed by atoms with Crippen molar-refractivity contribution in [3.63, 3.8) is 0 Å². The fourth-order valence-electron chi connectivity index (χ4n) is 3.41. The number of carbonyl (C=O) groups is 3. The Kier molecular flexibility index (Phi) is 6.83. The molecule has 1 aliphatic rings. The van der Waals surface area contributed by atoms with Crippen LogP contribution < -0.4 is 10.9 Å². The Morgan fingerprint density at radius 2 is 1.84 bits per heavy atom. The van der Waals surface area contributed by atoms with Crippen LogP contribution in [0.3, 0.4) is 0 Å². The van der Waals surface area contributed by atoms with Crippen molar-refractivity contribution < 1.29 is 18.8 Å². The number of aromatic nitrogens is 1. The zero-order chi connectivity index (χ0) is 22.7. The molecular formula is C21H18ClFN4O3S2. The van der Waals surface area contributed by atoms with E-state index < -0.39 is 23.5 Å². The highest BCUT2D eigenvalue weighted by atomic mass is 35.5. The zero-order valence-electron chi connectivity index (χ0n) is 16.6. The molecule has 1 fully saturated rings. The van der Waals surface area contributed by atoms with Crippen molar-refractivity contribution in [3.8, 4) is 0 Å². The second-order valence-corrected chi connectivity index (χ2v) is 9.23. The Bertz CT molecular complexity index is 1120. The van der Waals surface area contributed by atoms with Gasteiger partial charge in [0.2, 0.25) is 0 Å². The molecule has 3 heterocycles. The number of thiophene rings is 1. The number of nitrogens with zero attached hydrogens (tertiary/aromatic N) is 2. The topological polar surface area (TPSA) is 91.4 Å². The van der Waals surface area contributed by atoms with E-state index in [9.17, 15) is 18.8 Å². The highest BCUT2D eigenvalue weighted by Gasteiger charge is 2.29. The van der Waals surface area contributed by atoms with Gasteiger partial charge in [-0.3, -0.25) is 25.2 Å². The molecule has 0 bridgehead atoms. The van der Waals surface area contributed by atoms with Gasteiger partial charge in [0, 0.05) is 29.8 Å². The Balaban J connectivity index is 1.32. The quantitative estimate of drug-likeness (QED) is 0.536. The molecule has 0 atom stereocenters. The van der Waals surface area contributed by atoms with Gasteiger partial charge in [-0.05, 0) is 36.4 Å². The van der Waals surface area contributed by atoms with Crippen LogP contribution in [0.2, 0.25) is 5.02 Å². The van der Waals surface area contributed by atoms with E-state index in [1.54, 1.807) is 27.1 Å². The van der Waals surface area contributed by atoms with Gasteiger partial charge in [0.15, 0.2) is 0 Å². The highest BCUT2D eigenvalue weighted by Crippen LogP contribution is 2.31. The van der Waals surface area contributed by atoms with E-state index >= 15 is 0 Å². The van der Waals surface area contributed by atoms with Gasteiger partial charge in [0.05, 0.1) is 21.2 Å². The molecule has 2 aromatic heterocycles. The summed E-state index contributed by atoms with van der Waals surface area (Å²) < 4.78 is 14.1. The Labute approximate surface area is 196 Å². The second kappa shape index (κ2) is 9.76. The van der Waals surface area contributed by atoms with Crippen molar-refractivity contribution in [1.82, 2.24) is 20.7 Å². The van der Waals surface area contributed by atoms with E-state index in [4.69, 9.17) is 11.6 Å². The minimum Gasteiger partial charge on any atom is -0.338 e. The van der Waals surface area contributed by atoms with Crippen molar-refractivity contribution >= 4 is 52.0 Å². The van der Waals surface area contributed by atoms with Crippen molar-refractivity contribution in [1.29, 1.82) is 0 Å². The van der Waals surface area contributed by atoms with Gasteiger partial charge in [-0.2, -0.15) is 11.3 Å². The standard InChI is InChI=1S/C21H18ClFN4O3S2/c22-14-2-1-3-15(23)17(14)21(30)27-7-4-12(5-8-27)20-24-16(11-32-20)19(29)26-25-18(28)13-6-9-31-10-13/h1-3,6,9-12H,4-5,7-8H2,(H,25,28)(H,26,29). The monoisotopic (exact) mass is 492 g/mol. The van der Waals surface area contributed by atoms with Gasteiger partial charge in [-0.15, -0.1) is 11.3 Å². The number of hydrazine groups is 1. The summed E-state index contributed by atoms with van der Waals surface area (Å²) in [6.45, 7) is 0.873. The molecule has 0 unspecified atom stereocenters. The lowest BCUT2D eigenvalue weighted by molar-refractivity contribution is 0.0708. The summed E-state index contributed by atoms with van der Waals surface area (Å²) in [6, 6.07) is 5.83. The van der Waals surface area contributed by atoms with E-state index in [1.165, 1.54) is 40.9 Å². The maximum Gasteiger partial charge on any atom is 0.289 e. The summed E-state index contributed by atoms with van der Waals surface area (Å²) in [4.78, 5) is 42.9. The molecule has 0 radical (unpaired) electrons. The zero-order valence-corrected chi connectivity index (χ0v) is 19.0. The van der Waals surface area contributed by atoms with Crippen LogP contribution >= 0.6 is 34.3 Å². The number of rotatable bonds is 4. The van der Waals surface area contributed by atoms with Crippen LogP contribution in [0.4, 0.5) is 4.39 Å². The summed E-state index contributed by atoms with van der Waals surface area (Å²) in [6.07, 6.45) is 1.28. The summed E-state index contributed by atoms with van der Waals surface area (Å²) >= 11 is 8.76. The second-order valence-electron chi connectivity index (χ2n) is 7.15. The van der Waals surface area contributed by atoms with Gasteiger partial charge in [0.1, 0.15) is 11.5 Å². The maximum atomic E-state index is 14.1. The maximum absolute atomic E-state index is 14.1. The third-order valence-electron chi connectivity index (χ3n) is 5.14. The molecule has 3 amide bonds. The first kappa shape index (κ1) is 22.4. The summed E-state index contributed by atoms with van der Waals surface area (Å²) in [5.41, 5.74) is 5.30. The van der Waals surface area contributed by atoms with Crippen LogP contribution in [0.15, 0.2) is 40.4 Å². The number of hydrogen-bond donors (Lipinski definition) is 2. The van der Waals surface area contributed by atoms with E-state index in [0.717, 1.165) is 5.01 Å². The minimum atomic E-state index is -0.633. The summed E-state index contributed by atoms with van der Waals surface area (Å²) in [5, 5.41) is 5.97. The summed E-state index contributed by atoms with van der Waals surface area (Å²) in [7, 11) is 0. The normalized spacial score (nSPS) is 14.2. The predicted molar refractivity (Wildman–Crippen MR) is 121 cm³/mol. The van der Waals surface area contributed by atoms with Gasteiger partial charge < -0.3 is 4.90 Å². The van der Waals surface area contributed by atoms with Crippen molar-refractivity contribution in [2.75, 3.05) is 13.1 Å². The third kappa shape index (κ3) is 4.82. The molecule has 1 saturated heterocycles. The SMILES string of the molecule is O=C(NNC(=O)c1csc(C2CCN(C(=O)c3c(F)cccc3Cl)CC2)n1)c1ccsc1. The van der Waals surface area contributed by atoms with E-state index in [2.05, 4.69) is 15.8 Å². The number of amides is 3. The lowest BCUT2D eigenvalue weighted by atomic mass is 9.97. The molecule has 0 saturated carbocycles. The molecular weight excluding hydrogens is 475 g/mol. The fraction of sp³-hybridized carbons (Fsp3) is 0.238. The van der Waals surface area contributed by atoms with Crippen LogP contribution in [0.1, 0.15) is 55.0 Å². The number of thiazole rings is 1. The molecule has 4 rings (SSSR count). The van der Waals surface area contributed by atoms with E-state index in [0.29, 0.717) is 31.5 Å². The summed E-state index contributed by atoms with van der Waals surface area (Å²) in [5.74, 6) is -1.87. The van der Waals surface area contributed by atoms with E-state index in [-0.39, 0.29) is 22.2 Å². The number of carbonyl (C=O) groups excluding carboxylic acids is 3. The van der Waals surface area contributed by atoms with Gasteiger partial charge in [-0.1, -0.05) is 17.7 Å². The predicted octanol–water partition coefficient (Wildman–Crippen LogP) is 4.09. The van der Waals surface area contributed by atoms with Crippen LogP contribution in [-0.2, 0) is 0 Å². The molecule has 3 aromatic rings. The van der Waals surface area contributed by atoms with Crippen LogP contribution in [-0.4, -0.2) is 40.7 Å². The number of halogens is 2. The fourth-order valence-corrected chi connectivity index (χ4v) is 5.26. The first-order valence-electron chi connectivity index (χ1n) is 9.75. The molecule has 7 nitrogen and oxygen atoms in total. The average molecular weight is 493 g/mol. The highest BCUT2D eigenvalue weighted by molar-refractivity contribution is 7.10. The number of nitrogens with one attached hydrogen (secondary N) is 2. The number of piperidine rings is 1. The molecule has 0 aliphatic carbocycles. The average Bonchev–Trinajstić information content (AvgIpc) is 3.50. The van der Waals surface area contributed by atoms with Crippen LogP contribution in [0, 0.1) is 5.82 Å². The molecule has 1 aromatic carbocycles. The van der Waals surface area contributed by atoms with Crippen molar-refractivity contribution in [2.24, 2.45) is 0 Å². The number of likely N-dealkylation sites (tertiary alicyclic amines) is 1. The third-order valence-corrected chi connectivity index (χ3v) is 7.14. The Hall–Kier alpha value is -2.82. The number of hydrogen-bond acceptors (Lipinski definition) is 6. The lowest BCUT2D eigenvalue weighted by Crippen LogP contribution is -2.41. The number of benzene rings is 1. The minimum absolute atomic E-state index is 0.0853. The first-order chi connectivity index (χ1) is 15.4. The molecule has 0 spiro atoms. The van der Waals surface area contributed by atoms with Crippen LogP contribution in [0.5, 0.6) is 0 Å². The van der Waals surface area contributed by atoms with Gasteiger partial charge >= 0.3 is 0 Å². The first-order valence-corrected chi connectivity index (χ1v) is 12.0. The Morgan fingerprint density at radius 1 is 1.09 bits per heavy atom. The molecule has 32 heavy (non-hydrogen) atoms. The molecule has 1 aliphatic heterocycles. The van der Waals surface area contributed by atoms with Crippen molar-refractivity contribution in [2.45, 2.75) is 18.8 Å². The largest absolute Gasteiger partial charge is 0.338 e. The van der Waals surface area contributed by atoms with Gasteiger partial charge in [-0.25, -0.2) is 9.37 Å². The lowest BCUT2D eigenvalue weighted by Gasteiger charge is -2.31. The molecule has 2 N–H and O–H groups in total. The molecule has 11 heteroatoms. The van der Waals surface area contributed by atoms with Crippen molar-refractivity contribution in [3.05, 3.63) is 73.1 Å². The Morgan fingerprint density at radius 3 is 2.53 bits per heavy atom. The van der Waals surface area contributed by atoms with Gasteiger partial charge in [0.25, 0.3) is 17.7 Å². The van der Waals surface area contributed by atoms with E-state index in [1.807, 2.05) is 0 Å².